The van der Waals surface area contributed by atoms with Crippen molar-refractivity contribution in [2.24, 2.45) is 0 Å². The van der Waals surface area contributed by atoms with Gasteiger partial charge in [-0.25, -0.2) is 4.98 Å². The number of piperazine rings is 1. The molecule has 1 aromatic carbocycles. The van der Waals surface area contributed by atoms with E-state index in [9.17, 15) is 4.79 Å². The van der Waals surface area contributed by atoms with Gasteiger partial charge in [-0.1, -0.05) is 12.1 Å². The van der Waals surface area contributed by atoms with Crippen LogP contribution in [0.3, 0.4) is 0 Å². The van der Waals surface area contributed by atoms with E-state index in [1.165, 1.54) is 6.39 Å². The normalized spacial score (nSPS) is 20.3. The second-order valence-corrected chi connectivity index (χ2v) is 6.42. The van der Waals surface area contributed by atoms with Gasteiger partial charge in [-0.15, -0.1) is 24.8 Å². The number of carbonyl (C=O) groups excluding carboxylic acids is 1. The molecule has 2 aliphatic rings. The number of likely N-dealkylation sites (tertiary alicyclic amines) is 1. The zero-order valence-electron chi connectivity index (χ0n) is 14.5. The van der Waals surface area contributed by atoms with Crippen molar-refractivity contribution >= 4 is 30.7 Å². The molecule has 26 heavy (non-hydrogen) atoms. The van der Waals surface area contributed by atoms with Crippen LogP contribution in [-0.2, 0) is 0 Å². The van der Waals surface area contributed by atoms with Crippen LogP contribution in [0.25, 0.3) is 11.3 Å². The predicted octanol–water partition coefficient (Wildman–Crippen LogP) is 2.30. The second kappa shape index (κ2) is 9.37. The summed E-state index contributed by atoms with van der Waals surface area (Å²) in [5.41, 5.74) is 1.67. The highest BCUT2D eigenvalue weighted by Gasteiger charge is 2.31. The summed E-state index contributed by atoms with van der Waals surface area (Å²) < 4.78 is 5.28. The fourth-order valence-electron chi connectivity index (χ4n) is 3.59. The number of rotatable bonds is 3. The number of nitrogens with zero attached hydrogens (tertiary/aromatic N) is 3. The van der Waals surface area contributed by atoms with Crippen LogP contribution in [0.1, 0.15) is 16.8 Å². The van der Waals surface area contributed by atoms with Gasteiger partial charge in [-0.05, 0) is 18.6 Å². The minimum atomic E-state index is 0. The summed E-state index contributed by atoms with van der Waals surface area (Å²) in [6.45, 7) is 5.94. The smallest absolute Gasteiger partial charge is 0.253 e. The maximum Gasteiger partial charge on any atom is 0.253 e. The minimum Gasteiger partial charge on any atom is -0.444 e. The van der Waals surface area contributed by atoms with E-state index >= 15 is 0 Å². The molecule has 0 radical (unpaired) electrons. The standard InChI is InChI=1S/C18H22N4O2.2ClH/c23-18(15-3-1-14(2-4-15)17-11-20-13-24-17)22-8-5-16(12-22)21-9-6-19-7-10-21;;/h1-4,11,13,16,19H,5-10,12H2;2*1H. The van der Waals surface area contributed by atoms with Crippen LogP contribution in [0.5, 0.6) is 0 Å². The molecule has 142 valence electrons. The molecule has 2 saturated heterocycles. The van der Waals surface area contributed by atoms with E-state index in [2.05, 4.69) is 15.2 Å². The van der Waals surface area contributed by atoms with Crippen molar-refractivity contribution in [2.75, 3.05) is 39.3 Å². The zero-order valence-corrected chi connectivity index (χ0v) is 16.1. The summed E-state index contributed by atoms with van der Waals surface area (Å²) in [5, 5.41) is 3.38. The first-order valence-corrected chi connectivity index (χ1v) is 8.54. The van der Waals surface area contributed by atoms with Crippen LogP contribution in [0.15, 0.2) is 41.3 Å². The van der Waals surface area contributed by atoms with Crippen molar-refractivity contribution in [2.45, 2.75) is 12.5 Å². The topological polar surface area (TPSA) is 61.6 Å². The van der Waals surface area contributed by atoms with E-state index in [1.807, 2.05) is 29.2 Å². The number of halogens is 2. The molecule has 4 rings (SSSR count). The Kier molecular flexibility index (Phi) is 7.46. The lowest BCUT2D eigenvalue weighted by molar-refractivity contribution is 0.0773. The van der Waals surface area contributed by atoms with Crippen LogP contribution in [0, 0.1) is 0 Å². The van der Waals surface area contributed by atoms with Crippen molar-refractivity contribution < 1.29 is 9.21 Å². The van der Waals surface area contributed by atoms with Crippen LogP contribution >= 0.6 is 24.8 Å². The lowest BCUT2D eigenvalue weighted by atomic mass is 10.1. The molecule has 1 atom stereocenters. The first-order valence-electron chi connectivity index (χ1n) is 8.54. The molecule has 2 fully saturated rings. The molecule has 1 amide bonds. The van der Waals surface area contributed by atoms with Gasteiger partial charge in [0.1, 0.15) is 0 Å². The van der Waals surface area contributed by atoms with E-state index in [1.54, 1.807) is 6.20 Å². The summed E-state index contributed by atoms with van der Waals surface area (Å²) in [4.78, 5) is 21.1. The lowest BCUT2D eigenvalue weighted by Gasteiger charge is -2.32. The molecule has 0 bridgehead atoms. The summed E-state index contributed by atoms with van der Waals surface area (Å²) in [6, 6.07) is 8.08. The van der Waals surface area contributed by atoms with E-state index in [4.69, 9.17) is 4.42 Å². The Morgan fingerprint density at radius 2 is 1.85 bits per heavy atom. The van der Waals surface area contributed by atoms with Crippen LogP contribution in [-0.4, -0.2) is 66.0 Å². The van der Waals surface area contributed by atoms with Gasteiger partial charge < -0.3 is 14.6 Å². The van der Waals surface area contributed by atoms with Gasteiger partial charge >= 0.3 is 0 Å². The van der Waals surface area contributed by atoms with Crippen molar-refractivity contribution in [3.05, 3.63) is 42.4 Å². The number of hydrogen-bond donors (Lipinski definition) is 1. The van der Waals surface area contributed by atoms with Gasteiger partial charge in [0, 0.05) is 56.4 Å². The highest BCUT2D eigenvalue weighted by atomic mass is 35.5. The van der Waals surface area contributed by atoms with Crippen molar-refractivity contribution in [1.82, 2.24) is 20.1 Å². The largest absolute Gasteiger partial charge is 0.444 e. The summed E-state index contributed by atoms with van der Waals surface area (Å²) in [6.07, 6.45) is 4.16. The maximum absolute atomic E-state index is 12.7. The lowest BCUT2D eigenvalue weighted by Crippen LogP contribution is -2.49. The van der Waals surface area contributed by atoms with Gasteiger partial charge in [0.25, 0.3) is 5.91 Å². The van der Waals surface area contributed by atoms with Gasteiger partial charge in [0.15, 0.2) is 12.2 Å². The zero-order chi connectivity index (χ0) is 16.4. The Bertz CT molecular complexity index is 688. The van der Waals surface area contributed by atoms with Gasteiger partial charge in [-0.3, -0.25) is 9.69 Å². The SMILES string of the molecule is Cl.Cl.O=C(c1ccc(-c2cnco2)cc1)N1CCC(N2CCNCC2)C1. The number of carbonyl (C=O) groups is 1. The molecule has 0 spiro atoms. The molecule has 2 aliphatic heterocycles. The fourth-order valence-corrected chi connectivity index (χ4v) is 3.59. The van der Waals surface area contributed by atoms with Crippen molar-refractivity contribution in [3.63, 3.8) is 0 Å². The van der Waals surface area contributed by atoms with E-state index < -0.39 is 0 Å². The van der Waals surface area contributed by atoms with E-state index in [0.717, 1.165) is 56.8 Å². The molecule has 8 heteroatoms. The summed E-state index contributed by atoms with van der Waals surface area (Å²) in [7, 11) is 0. The van der Waals surface area contributed by atoms with E-state index in [0.29, 0.717) is 11.8 Å². The van der Waals surface area contributed by atoms with Crippen molar-refractivity contribution in [1.29, 1.82) is 0 Å². The van der Waals surface area contributed by atoms with E-state index in [-0.39, 0.29) is 30.7 Å². The van der Waals surface area contributed by atoms with Gasteiger partial charge in [-0.2, -0.15) is 0 Å². The van der Waals surface area contributed by atoms with Gasteiger partial charge in [0.05, 0.1) is 6.20 Å². The Labute approximate surface area is 165 Å². The Balaban J connectivity index is 0.00000121. The quantitative estimate of drug-likeness (QED) is 0.859. The van der Waals surface area contributed by atoms with Crippen LogP contribution in [0.2, 0.25) is 0 Å². The molecule has 1 N–H and O–H groups in total. The molecule has 0 aliphatic carbocycles. The Morgan fingerprint density at radius 3 is 2.50 bits per heavy atom. The molecule has 1 unspecified atom stereocenters. The number of nitrogens with one attached hydrogen (secondary N) is 1. The number of amides is 1. The first kappa shape index (κ1) is 20.7. The maximum atomic E-state index is 12.7. The molecule has 0 saturated carbocycles. The third kappa shape index (κ3) is 4.38. The number of oxazole rings is 1. The van der Waals surface area contributed by atoms with Crippen LogP contribution < -0.4 is 5.32 Å². The molecule has 3 heterocycles. The molecule has 6 nitrogen and oxygen atoms in total. The summed E-state index contributed by atoms with van der Waals surface area (Å²) in [5.74, 6) is 0.839. The average molecular weight is 399 g/mol. The molecule has 1 aromatic heterocycles. The molecular formula is C18H24Cl2N4O2. The van der Waals surface area contributed by atoms with Crippen molar-refractivity contribution in [3.8, 4) is 11.3 Å². The predicted molar refractivity (Wildman–Crippen MR) is 105 cm³/mol. The fraction of sp³-hybridized carbons (Fsp3) is 0.444. The molecular weight excluding hydrogens is 375 g/mol. The third-order valence-corrected chi connectivity index (χ3v) is 4.97. The Morgan fingerprint density at radius 1 is 1.12 bits per heavy atom. The Hall–Kier alpha value is -1.60. The number of hydrogen-bond acceptors (Lipinski definition) is 5. The summed E-state index contributed by atoms with van der Waals surface area (Å²) >= 11 is 0. The monoisotopic (exact) mass is 398 g/mol. The molecule has 2 aromatic rings. The highest BCUT2D eigenvalue weighted by molar-refractivity contribution is 5.94. The second-order valence-electron chi connectivity index (χ2n) is 6.42. The highest BCUT2D eigenvalue weighted by Crippen LogP contribution is 2.22. The number of aromatic nitrogens is 1. The average Bonchev–Trinajstić information content (AvgIpc) is 3.34. The number of benzene rings is 1. The third-order valence-electron chi connectivity index (χ3n) is 4.97. The van der Waals surface area contributed by atoms with Gasteiger partial charge in [0.2, 0.25) is 0 Å². The minimum absolute atomic E-state index is 0. The first-order chi connectivity index (χ1) is 11.8. The van der Waals surface area contributed by atoms with Crippen LogP contribution in [0.4, 0.5) is 0 Å².